The fraction of sp³-hybridized carbons (Fsp3) is 0.500. The number of amides is 1. The first-order valence-corrected chi connectivity index (χ1v) is 6.26. The molecule has 0 unspecified atom stereocenters. The molecule has 1 aromatic carbocycles. The summed E-state index contributed by atoms with van der Waals surface area (Å²) in [5.41, 5.74) is 5.26. The van der Waals surface area contributed by atoms with Crippen molar-refractivity contribution in [3.63, 3.8) is 0 Å². The lowest BCUT2D eigenvalue weighted by Crippen LogP contribution is -2.33. The van der Waals surface area contributed by atoms with Crippen LogP contribution in [0.1, 0.15) is 42.3 Å². The predicted octanol–water partition coefficient (Wildman–Crippen LogP) is 1.79. The molecule has 1 amide bonds. The third-order valence-electron chi connectivity index (χ3n) is 2.80. The summed E-state index contributed by atoms with van der Waals surface area (Å²) < 4.78 is 0. The van der Waals surface area contributed by atoms with Gasteiger partial charge in [0.2, 0.25) is 0 Å². The van der Waals surface area contributed by atoms with Crippen LogP contribution in [0.4, 0.5) is 0 Å². The SMILES string of the molecule is CC(C)(C)ONC(=O)c1ccc2c(c1)CNCC2. The first kappa shape index (κ1) is 13.1. The molecular formula is C14H20N2O2. The van der Waals surface area contributed by atoms with Crippen molar-refractivity contribution in [2.75, 3.05) is 6.54 Å². The minimum Gasteiger partial charge on any atom is -0.312 e. The molecule has 4 nitrogen and oxygen atoms in total. The summed E-state index contributed by atoms with van der Waals surface area (Å²) in [7, 11) is 0. The van der Waals surface area contributed by atoms with Gasteiger partial charge in [-0.05, 0) is 57.0 Å². The highest BCUT2D eigenvalue weighted by molar-refractivity contribution is 5.93. The number of rotatable bonds is 2. The van der Waals surface area contributed by atoms with Crippen molar-refractivity contribution in [1.29, 1.82) is 0 Å². The van der Waals surface area contributed by atoms with E-state index in [0.29, 0.717) is 5.56 Å². The van der Waals surface area contributed by atoms with E-state index in [0.717, 1.165) is 19.5 Å². The largest absolute Gasteiger partial charge is 0.312 e. The van der Waals surface area contributed by atoms with E-state index < -0.39 is 0 Å². The highest BCUT2D eigenvalue weighted by Gasteiger charge is 2.15. The molecule has 0 saturated carbocycles. The summed E-state index contributed by atoms with van der Waals surface area (Å²) >= 11 is 0. The molecule has 18 heavy (non-hydrogen) atoms. The quantitative estimate of drug-likeness (QED) is 0.785. The van der Waals surface area contributed by atoms with Gasteiger partial charge in [0.15, 0.2) is 0 Å². The van der Waals surface area contributed by atoms with E-state index >= 15 is 0 Å². The van der Waals surface area contributed by atoms with Gasteiger partial charge in [-0.15, -0.1) is 0 Å². The zero-order valence-electron chi connectivity index (χ0n) is 11.2. The monoisotopic (exact) mass is 248 g/mol. The Morgan fingerprint density at radius 3 is 2.83 bits per heavy atom. The van der Waals surface area contributed by atoms with Crippen molar-refractivity contribution in [1.82, 2.24) is 10.8 Å². The lowest BCUT2D eigenvalue weighted by molar-refractivity contribution is -0.0589. The minimum absolute atomic E-state index is 0.196. The lowest BCUT2D eigenvalue weighted by atomic mass is 9.98. The second-order valence-corrected chi connectivity index (χ2v) is 5.56. The van der Waals surface area contributed by atoms with Gasteiger partial charge < -0.3 is 5.32 Å². The van der Waals surface area contributed by atoms with Crippen LogP contribution in [-0.4, -0.2) is 18.1 Å². The van der Waals surface area contributed by atoms with E-state index in [-0.39, 0.29) is 11.5 Å². The van der Waals surface area contributed by atoms with Gasteiger partial charge in [0.25, 0.3) is 5.91 Å². The van der Waals surface area contributed by atoms with Crippen LogP contribution in [0.3, 0.4) is 0 Å². The van der Waals surface area contributed by atoms with Crippen molar-refractivity contribution >= 4 is 5.91 Å². The highest BCUT2D eigenvalue weighted by atomic mass is 16.7. The van der Waals surface area contributed by atoms with E-state index in [1.54, 1.807) is 0 Å². The summed E-state index contributed by atoms with van der Waals surface area (Å²) in [6.45, 7) is 7.51. The summed E-state index contributed by atoms with van der Waals surface area (Å²) in [6, 6.07) is 5.82. The van der Waals surface area contributed by atoms with E-state index in [9.17, 15) is 4.79 Å². The summed E-state index contributed by atoms with van der Waals surface area (Å²) in [5.74, 6) is -0.196. The molecule has 1 heterocycles. The number of fused-ring (bicyclic) bond motifs is 1. The smallest absolute Gasteiger partial charge is 0.274 e. The van der Waals surface area contributed by atoms with Crippen molar-refractivity contribution in [3.8, 4) is 0 Å². The van der Waals surface area contributed by atoms with E-state index in [1.165, 1.54) is 11.1 Å². The van der Waals surface area contributed by atoms with E-state index in [2.05, 4.69) is 10.8 Å². The van der Waals surface area contributed by atoms with Gasteiger partial charge in [0.05, 0.1) is 5.60 Å². The summed E-state index contributed by atoms with van der Waals surface area (Å²) in [4.78, 5) is 17.2. The number of nitrogens with one attached hydrogen (secondary N) is 2. The maximum atomic E-state index is 11.9. The Kier molecular flexibility index (Phi) is 3.68. The molecule has 0 bridgehead atoms. The molecule has 0 fully saturated rings. The Labute approximate surface area is 108 Å². The van der Waals surface area contributed by atoms with Crippen LogP contribution in [0.2, 0.25) is 0 Å². The summed E-state index contributed by atoms with van der Waals surface area (Å²) in [5, 5.41) is 3.30. The standard InChI is InChI=1S/C14H20N2O2/c1-14(2,3)18-16-13(17)11-5-4-10-6-7-15-9-12(10)8-11/h4-5,8,15H,6-7,9H2,1-3H3,(H,16,17). The zero-order chi connectivity index (χ0) is 13.2. The van der Waals surface area contributed by atoms with E-state index in [1.807, 2.05) is 39.0 Å². The first-order valence-electron chi connectivity index (χ1n) is 6.26. The highest BCUT2D eigenvalue weighted by Crippen LogP contribution is 2.16. The second-order valence-electron chi connectivity index (χ2n) is 5.56. The van der Waals surface area contributed by atoms with Crippen LogP contribution < -0.4 is 10.8 Å². The molecule has 1 aliphatic heterocycles. The fourth-order valence-corrected chi connectivity index (χ4v) is 1.88. The third kappa shape index (κ3) is 3.31. The molecule has 2 rings (SSSR count). The van der Waals surface area contributed by atoms with Gasteiger partial charge in [-0.1, -0.05) is 6.07 Å². The average Bonchev–Trinajstić information content (AvgIpc) is 2.34. The van der Waals surface area contributed by atoms with Crippen LogP contribution in [0.25, 0.3) is 0 Å². The van der Waals surface area contributed by atoms with Gasteiger partial charge in [0, 0.05) is 12.1 Å². The summed E-state index contributed by atoms with van der Waals surface area (Å²) in [6.07, 6.45) is 1.02. The van der Waals surface area contributed by atoms with Crippen LogP contribution in [-0.2, 0) is 17.8 Å². The maximum Gasteiger partial charge on any atom is 0.274 e. The zero-order valence-corrected chi connectivity index (χ0v) is 11.2. The molecule has 0 atom stereocenters. The van der Waals surface area contributed by atoms with Gasteiger partial charge in [-0.2, -0.15) is 0 Å². The molecule has 1 aromatic rings. The number of hydroxylamine groups is 1. The number of carbonyl (C=O) groups excluding carboxylic acids is 1. The van der Waals surface area contributed by atoms with Gasteiger partial charge in [-0.25, -0.2) is 5.48 Å². The molecule has 1 aliphatic rings. The van der Waals surface area contributed by atoms with Gasteiger partial charge in [-0.3, -0.25) is 9.63 Å². The molecule has 0 radical (unpaired) electrons. The number of hydrogen-bond donors (Lipinski definition) is 2. The normalized spacial score (nSPS) is 15.1. The minimum atomic E-state index is -0.384. The van der Waals surface area contributed by atoms with Crippen molar-refractivity contribution < 1.29 is 9.63 Å². The predicted molar refractivity (Wildman–Crippen MR) is 70.2 cm³/mol. The average molecular weight is 248 g/mol. The Morgan fingerprint density at radius 2 is 2.11 bits per heavy atom. The number of benzene rings is 1. The molecule has 0 spiro atoms. The first-order chi connectivity index (χ1) is 8.46. The molecular weight excluding hydrogens is 228 g/mol. The van der Waals surface area contributed by atoms with Crippen molar-refractivity contribution in [3.05, 3.63) is 34.9 Å². The topological polar surface area (TPSA) is 50.4 Å². The molecule has 0 aliphatic carbocycles. The second kappa shape index (κ2) is 5.08. The van der Waals surface area contributed by atoms with E-state index in [4.69, 9.17) is 4.84 Å². The lowest BCUT2D eigenvalue weighted by Gasteiger charge is -2.20. The molecule has 0 aromatic heterocycles. The molecule has 2 N–H and O–H groups in total. The molecule has 98 valence electrons. The van der Waals surface area contributed by atoms with Gasteiger partial charge >= 0.3 is 0 Å². The Hall–Kier alpha value is -1.39. The van der Waals surface area contributed by atoms with Gasteiger partial charge in [0.1, 0.15) is 0 Å². The molecule has 0 saturated heterocycles. The Morgan fingerprint density at radius 1 is 1.33 bits per heavy atom. The van der Waals surface area contributed by atoms with Crippen LogP contribution >= 0.6 is 0 Å². The fourth-order valence-electron chi connectivity index (χ4n) is 1.88. The van der Waals surface area contributed by atoms with Crippen LogP contribution in [0.5, 0.6) is 0 Å². The van der Waals surface area contributed by atoms with Crippen molar-refractivity contribution in [2.24, 2.45) is 0 Å². The van der Waals surface area contributed by atoms with Crippen LogP contribution in [0.15, 0.2) is 18.2 Å². The Balaban J connectivity index is 2.07. The third-order valence-corrected chi connectivity index (χ3v) is 2.80. The maximum absolute atomic E-state index is 11.9. The van der Waals surface area contributed by atoms with Crippen LogP contribution in [0, 0.1) is 0 Å². The van der Waals surface area contributed by atoms with Crippen molar-refractivity contribution in [2.45, 2.75) is 39.3 Å². The molecule has 4 heteroatoms. The number of hydrogen-bond acceptors (Lipinski definition) is 3. The number of carbonyl (C=O) groups is 1. The Bertz CT molecular complexity index is 450.